The summed E-state index contributed by atoms with van der Waals surface area (Å²) in [6.45, 7) is 1.28. The van der Waals surface area contributed by atoms with Gasteiger partial charge in [0.2, 0.25) is 0 Å². The van der Waals surface area contributed by atoms with Crippen molar-refractivity contribution >= 4 is 35.6 Å². The number of aromatic nitrogens is 2. The monoisotopic (exact) mass is 506 g/mol. The Kier molecular flexibility index (Phi) is 8.59. The third kappa shape index (κ3) is 6.56. The summed E-state index contributed by atoms with van der Waals surface area (Å²) in [5.74, 6) is 0.687. The molecule has 0 unspecified atom stereocenters. The van der Waals surface area contributed by atoms with Crippen molar-refractivity contribution in [1.82, 2.24) is 20.4 Å². The second kappa shape index (κ2) is 11.1. The van der Waals surface area contributed by atoms with Crippen LogP contribution in [0.1, 0.15) is 11.1 Å². The van der Waals surface area contributed by atoms with Crippen molar-refractivity contribution in [1.29, 1.82) is 0 Å². The molecule has 1 aromatic heterocycles. The molecule has 0 atom stereocenters. The van der Waals surface area contributed by atoms with Crippen LogP contribution in [-0.2, 0) is 13.0 Å². The number of nitro benzene ring substituents is 1. The summed E-state index contributed by atoms with van der Waals surface area (Å²) in [6, 6.07) is 16.6. The lowest BCUT2D eigenvalue weighted by atomic mass is 10.1. The van der Waals surface area contributed by atoms with Gasteiger partial charge in [-0.15, -0.1) is 24.0 Å². The molecular weight excluding hydrogens is 483 g/mol. The summed E-state index contributed by atoms with van der Waals surface area (Å²) in [5.41, 5.74) is 3.28. The first-order valence-electron chi connectivity index (χ1n) is 8.92. The van der Waals surface area contributed by atoms with Gasteiger partial charge in [-0.25, -0.2) is 4.68 Å². The lowest BCUT2D eigenvalue weighted by Gasteiger charge is -2.12. The molecule has 0 bridgehead atoms. The molecule has 0 aliphatic carbocycles. The zero-order chi connectivity index (χ0) is 19.8. The van der Waals surface area contributed by atoms with Gasteiger partial charge < -0.3 is 10.6 Å². The van der Waals surface area contributed by atoms with Crippen LogP contribution in [0.5, 0.6) is 0 Å². The van der Waals surface area contributed by atoms with Crippen LogP contribution in [0.15, 0.2) is 72.0 Å². The van der Waals surface area contributed by atoms with Crippen molar-refractivity contribution in [2.45, 2.75) is 13.0 Å². The fraction of sp³-hybridized carbons (Fsp3) is 0.200. The quantitative estimate of drug-likeness (QED) is 0.169. The molecule has 0 aliphatic rings. The SMILES string of the molecule is CN=C(NCCc1ccc(-n2cccn2)cc1)NCc1ccc([N+](=O)[O-])cc1.I. The minimum absolute atomic E-state index is 0. The molecule has 3 aromatic rings. The Morgan fingerprint density at radius 2 is 1.79 bits per heavy atom. The van der Waals surface area contributed by atoms with E-state index >= 15 is 0 Å². The fourth-order valence-electron chi connectivity index (χ4n) is 2.70. The second-order valence-corrected chi connectivity index (χ2v) is 6.14. The Bertz CT molecular complexity index is 925. The molecule has 0 saturated heterocycles. The molecule has 0 aliphatic heterocycles. The van der Waals surface area contributed by atoms with Gasteiger partial charge in [-0.2, -0.15) is 5.10 Å². The lowest BCUT2D eigenvalue weighted by Crippen LogP contribution is -2.37. The van der Waals surface area contributed by atoms with Crippen molar-refractivity contribution in [2.24, 2.45) is 4.99 Å². The average molecular weight is 506 g/mol. The van der Waals surface area contributed by atoms with Crippen LogP contribution in [0.25, 0.3) is 5.69 Å². The first-order chi connectivity index (χ1) is 13.7. The molecule has 2 N–H and O–H groups in total. The minimum Gasteiger partial charge on any atom is -0.356 e. The van der Waals surface area contributed by atoms with Crippen LogP contribution in [0, 0.1) is 10.1 Å². The van der Waals surface area contributed by atoms with Gasteiger partial charge in [0.25, 0.3) is 5.69 Å². The third-order valence-electron chi connectivity index (χ3n) is 4.24. The zero-order valence-electron chi connectivity index (χ0n) is 16.0. The largest absolute Gasteiger partial charge is 0.356 e. The molecule has 0 amide bonds. The Balaban J connectivity index is 0.00000300. The molecule has 2 aromatic carbocycles. The van der Waals surface area contributed by atoms with Gasteiger partial charge in [0.1, 0.15) is 0 Å². The summed E-state index contributed by atoms with van der Waals surface area (Å²) in [6.07, 6.45) is 4.53. The number of guanidine groups is 1. The summed E-state index contributed by atoms with van der Waals surface area (Å²) in [7, 11) is 1.71. The van der Waals surface area contributed by atoms with Crippen molar-refractivity contribution < 1.29 is 4.92 Å². The summed E-state index contributed by atoms with van der Waals surface area (Å²) < 4.78 is 1.83. The smallest absolute Gasteiger partial charge is 0.269 e. The number of aliphatic imine (C=N–C) groups is 1. The second-order valence-electron chi connectivity index (χ2n) is 6.14. The number of nitro groups is 1. The van der Waals surface area contributed by atoms with Gasteiger partial charge in [0.05, 0.1) is 10.6 Å². The van der Waals surface area contributed by atoms with Crippen LogP contribution >= 0.6 is 24.0 Å². The summed E-state index contributed by atoms with van der Waals surface area (Å²) >= 11 is 0. The van der Waals surface area contributed by atoms with Crippen LogP contribution in [0.4, 0.5) is 5.69 Å². The van der Waals surface area contributed by atoms with E-state index in [0.29, 0.717) is 12.5 Å². The number of hydrogen-bond acceptors (Lipinski definition) is 4. The third-order valence-corrected chi connectivity index (χ3v) is 4.24. The highest BCUT2D eigenvalue weighted by molar-refractivity contribution is 14.0. The highest BCUT2D eigenvalue weighted by Crippen LogP contribution is 2.11. The molecule has 0 spiro atoms. The zero-order valence-corrected chi connectivity index (χ0v) is 18.3. The van der Waals surface area contributed by atoms with Crippen molar-refractivity contribution in [3.63, 3.8) is 0 Å². The van der Waals surface area contributed by atoms with Gasteiger partial charge in [0, 0.05) is 44.7 Å². The number of nitrogens with one attached hydrogen (secondary N) is 2. The van der Waals surface area contributed by atoms with Gasteiger partial charge in [-0.3, -0.25) is 15.1 Å². The highest BCUT2D eigenvalue weighted by atomic mass is 127. The number of rotatable bonds is 7. The van der Waals surface area contributed by atoms with Crippen molar-refractivity contribution in [3.8, 4) is 5.69 Å². The maximum atomic E-state index is 10.7. The van der Waals surface area contributed by atoms with Crippen LogP contribution < -0.4 is 10.6 Å². The van der Waals surface area contributed by atoms with E-state index in [1.165, 1.54) is 17.7 Å². The van der Waals surface area contributed by atoms with Crippen molar-refractivity contribution in [2.75, 3.05) is 13.6 Å². The van der Waals surface area contributed by atoms with Gasteiger partial charge in [-0.05, 0) is 35.7 Å². The molecule has 3 rings (SSSR count). The molecule has 152 valence electrons. The topological polar surface area (TPSA) is 97.4 Å². The predicted octanol–water partition coefficient (Wildman–Crippen LogP) is 3.31. The van der Waals surface area contributed by atoms with Gasteiger partial charge >= 0.3 is 0 Å². The van der Waals surface area contributed by atoms with E-state index in [4.69, 9.17) is 0 Å². The highest BCUT2D eigenvalue weighted by Gasteiger charge is 2.04. The summed E-state index contributed by atoms with van der Waals surface area (Å²) in [5, 5.41) is 21.4. The number of halogens is 1. The van der Waals surface area contributed by atoms with Gasteiger partial charge in [-0.1, -0.05) is 24.3 Å². The maximum absolute atomic E-state index is 10.7. The van der Waals surface area contributed by atoms with E-state index in [2.05, 4.69) is 32.9 Å². The lowest BCUT2D eigenvalue weighted by molar-refractivity contribution is -0.384. The van der Waals surface area contributed by atoms with Crippen LogP contribution in [0.3, 0.4) is 0 Å². The Morgan fingerprint density at radius 3 is 2.38 bits per heavy atom. The fourth-order valence-corrected chi connectivity index (χ4v) is 2.70. The van der Waals surface area contributed by atoms with E-state index in [0.717, 1.165) is 24.2 Å². The maximum Gasteiger partial charge on any atom is 0.269 e. The average Bonchev–Trinajstić information content (AvgIpc) is 3.26. The van der Waals surface area contributed by atoms with E-state index in [-0.39, 0.29) is 29.7 Å². The normalized spacial score (nSPS) is 10.9. The number of non-ortho nitro benzene ring substituents is 1. The Morgan fingerprint density at radius 1 is 1.10 bits per heavy atom. The number of hydrogen-bond donors (Lipinski definition) is 2. The van der Waals surface area contributed by atoms with Crippen LogP contribution in [0.2, 0.25) is 0 Å². The summed E-state index contributed by atoms with van der Waals surface area (Å²) in [4.78, 5) is 14.5. The molecule has 0 radical (unpaired) electrons. The minimum atomic E-state index is -0.403. The van der Waals surface area contributed by atoms with Crippen molar-refractivity contribution in [3.05, 3.63) is 88.2 Å². The standard InChI is InChI=1S/C20H22N6O2.HI/c1-21-20(23-15-17-5-9-19(10-6-17)26(27)28)22-13-11-16-3-7-18(8-4-16)25-14-2-12-24-25;/h2-10,12,14H,11,13,15H2,1H3,(H2,21,22,23);1H. The first-order valence-corrected chi connectivity index (χ1v) is 8.92. The molecule has 9 heteroatoms. The predicted molar refractivity (Wildman–Crippen MR) is 124 cm³/mol. The van der Waals surface area contributed by atoms with E-state index in [1.54, 1.807) is 25.4 Å². The van der Waals surface area contributed by atoms with E-state index < -0.39 is 4.92 Å². The molecule has 1 heterocycles. The molecular formula is C20H23IN6O2. The Labute approximate surface area is 186 Å². The Hall–Kier alpha value is -2.95. The number of benzene rings is 2. The van der Waals surface area contributed by atoms with Crippen LogP contribution in [-0.4, -0.2) is 34.3 Å². The molecule has 0 saturated carbocycles. The van der Waals surface area contributed by atoms with E-state index in [1.807, 2.05) is 29.1 Å². The molecule has 29 heavy (non-hydrogen) atoms. The molecule has 0 fully saturated rings. The van der Waals surface area contributed by atoms with Gasteiger partial charge in [0.15, 0.2) is 5.96 Å². The first kappa shape index (κ1) is 22.3. The number of nitrogens with zero attached hydrogens (tertiary/aromatic N) is 4. The molecule has 8 nitrogen and oxygen atoms in total. The van der Waals surface area contributed by atoms with E-state index in [9.17, 15) is 10.1 Å².